The van der Waals surface area contributed by atoms with E-state index in [2.05, 4.69) is 0 Å². The first-order valence-electron chi connectivity index (χ1n) is 3.98. The summed E-state index contributed by atoms with van der Waals surface area (Å²) >= 11 is 0. The summed E-state index contributed by atoms with van der Waals surface area (Å²) in [7, 11) is 1.59. The predicted molar refractivity (Wildman–Crippen MR) is 49.5 cm³/mol. The maximum atomic E-state index is 11.3. The van der Waals surface area contributed by atoms with Crippen LogP contribution in [0.15, 0.2) is 36.5 Å². The zero-order valence-electron chi connectivity index (χ0n) is 7.23. The first-order valence-corrected chi connectivity index (χ1v) is 3.98. The molecule has 2 aromatic rings. The van der Waals surface area contributed by atoms with Crippen molar-refractivity contribution in [3.05, 3.63) is 41.7 Å². The number of nitrogens with zero attached hydrogens (tertiary/aromatic N) is 1. The van der Waals surface area contributed by atoms with Crippen LogP contribution in [0, 0.1) is 5.21 Å². The Labute approximate surface area is 75.8 Å². The van der Waals surface area contributed by atoms with Gasteiger partial charge in [-0.1, -0.05) is 6.07 Å². The van der Waals surface area contributed by atoms with E-state index in [0.29, 0.717) is 5.52 Å². The van der Waals surface area contributed by atoms with E-state index in [-0.39, 0.29) is 0 Å². The molecular weight excluding hydrogens is 166 g/mol. The number of pyridine rings is 1. The molecule has 0 saturated carbocycles. The molecule has 13 heavy (non-hydrogen) atoms. The highest BCUT2D eigenvalue weighted by atomic mass is 16.5. The summed E-state index contributed by atoms with van der Waals surface area (Å²) in [5, 5.41) is 12.1. The lowest BCUT2D eigenvalue weighted by Gasteiger charge is -2.04. The molecule has 1 aromatic heterocycles. The number of fused-ring (bicyclic) bond motifs is 1. The molecule has 0 bridgehead atoms. The van der Waals surface area contributed by atoms with Crippen LogP contribution in [0.2, 0.25) is 0 Å². The first-order chi connectivity index (χ1) is 6.33. The second kappa shape index (κ2) is 2.94. The summed E-state index contributed by atoms with van der Waals surface area (Å²) in [6.45, 7) is 0. The van der Waals surface area contributed by atoms with Gasteiger partial charge in [-0.25, -0.2) is 0 Å². The number of benzene rings is 1. The molecule has 0 unspecified atom stereocenters. The summed E-state index contributed by atoms with van der Waals surface area (Å²) in [4.78, 5) is 0. The van der Waals surface area contributed by atoms with Crippen molar-refractivity contribution in [3.8, 4) is 5.75 Å². The van der Waals surface area contributed by atoms with E-state index in [1.807, 2.05) is 12.1 Å². The third-order valence-electron chi connectivity index (χ3n) is 1.98. The topological polar surface area (TPSA) is 36.2 Å². The number of aromatic nitrogens is 1. The molecule has 1 aromatic carbocycles. The maximum absolute atomic E-state index is 11.3. The molecule has 1 heterocycles. The summed E-state index contributed by atoms with van der Waals surface area (Å²) in [6, 6.07) is 8.98. The molecule has 0 aliphatic heterocycles. The largest absolute Gasteiger partial charge is 0.618 e. The van der Waals surface area contributed by atoms with Crippen LogP contribution in [0.5, 0.6) is 5.75 Å². The fourth-order valence-corrected chi connectivity index (χ4v) is 1.37. The first kappa shape index (κ1) is 7.86. The van der Waals surface area contributed by atoms with E-state index in [9.17, 15) is 5.21 Å². The molecule has 0 saturated heterocycles. The highest BCUT2D eigenvalue weighted by Crippen LogP contribution is 2.21. The van der Waals surface area contributed by atoms with Crippen LogP contribution in [0.1, 0.15) is 0 Å². The minimum Gasteiger partial charge on any atom is -0.618 e. The molecule has 0 aliphatic carbocycles. The van der Waals surface area contributed by atoms with Crippen LogP contribution < -0.4 is 9.47 Å². The van der Waals surface area contributed by atoms with Gasteiger partial charge in [0.15, 0.2) is 6.20 Å². The molecule has 3 nitrogen and oxygen atoms in total. The fraction of sp³-hybridized carbons (Fsp3) is 0.100. The molecule has 0 aliphatic rings. The Morgan fingerprint density at radius 1 is 1.23 bits per heavy atom. The van der Waals surface area contributed by atoms with Gasteiger partial charge >= 0.3 is 0 Å². The van der Waals surface area contributed by atoms with Crippen LogP contribution in [-0.4, -0.2) is 7.11 Å². The Hall–Kier alpha value is -1.77. The van der Waals surface area contributed by atoms with Gasteiger partial charge in [0.25, 0.3) is 0 Å². The zero-order valence-corrected chi connectivity index (χ0v) is 7.23. The van der Waals surface area contributed by atoms with Crippen LogP contribution in [-0.2, 0) is 0 Å². The summed E-state index contributed by atoms with van der Waals surface area (Å²) in [6.07, 6.45) is 1.47. The van der Waals surface area contributed by atoms with Gasteiger partial charge in [-0.2, -0.15) is 4.73 Å². The molecule has 0 amide bonds. The van der Waals surface area contributed by atoms with Gasteiger partial charge in [0.05, 0.1) is 12.5 Å². The van der Waals surface area contributed by atoms with E-state index in [1.54, 1.807) is 25.3 Å². The SMILES string of the molecule is COc1cccc2c1ccc[n+]2[O-]. The lowest BCUT2D eigenvalue weighted by Crippen LogP contribution is -2.25. The number of ether oxygens (including phenoxy) is 1. The number of methoxy groups -OCH3 is 1. The van der Waals surface area contributed by atoms with Crippen molar-refractivity contribution in [2.24, 2.45) is 0 Å². The molecule has 0 N–H and O–H groups in total. The van der Waals surface area contributed by atoms with E-state index in [1.165, 1.54) is 6.20 Å². The summed E-state index contributed by atoms with van der Waals surface area (Å²) in [5.41, 5.74) is 0.627. The molecule has 0 radical (unpaired) electrons. The molecule has 0 atom stereocenters. The van der Waals surface area contributed by atoms with Crippen molar-refractivity contribution in [2.75, 3.05) is 7.11 Å². The van der Waals surface area contributed by atoms with Gasteiger partial charge in [-0.3, -0.25) is 0 Å². The number of hydrogen-bond donors (Lipinski definition) is 0. The smallest absolute Gasteiger partial charge is 0.227 e. The molecule has 66 valence electrons. The van der Waals surface area contributed by atoms with Crippen molar-refractivity contribution >= 4 is 10.9 Å². The molecule has 2 rings (SSSR count). The average Bonchev–Trinajstić information content (AvgIpc) is 2.18. The van der Waals surface area contributed by atoms with Crippen LogP contribution in [0.3, 0.4) is 0 Å². The average molecular weight is 175 g/mol. The minimum atomic E-state index is 0.627. The molecule has 0 fully saturated rings. The molecule has 0 spiro atoms. The standard InChI is InChI=1S/C10H9NO2/c1-13-10-6-2-5-9-8(10)4-3-7-11(9)12/h2-7H,1H3. The van der Waals surface area contributed by atoms with Gasteiger partial charge in [0.2, 0.25) is 5.52 Å². The molecule has 3 heteroatoms. The third kappa shape index (κ3) is 1.18. The predicted octanol–water partition coefficient (Wildman–Crippen LogP) is 1.48. The highest BCUT2D eigenvalue weighted by molar-refractivity contribution is 5.82. The van der Waals surface area contributed by atoms with Crippen LogP contribution >= 0.6 is 0 Å². The van der Waals surface area contributed by atoms with E-state index < -0.39 is 0 Å². The summed E-state index contributed by atoms with van der Waals surface area (Å²) < 4.78 is 5.96. The van der Waals surface area contributed by atoms with Crippen molar-refractivity contribution in [1.82, 2.24) is 0 Å². The Kier molecular flexibility index (Phi) is 1.77. The Morgan fingerprint density at radius 3 is 2.85 bits per heavy atom. The maximum Gasteiger partial charge on any atom is 0.227 e. The van der Waals surface area contributed by atoms with Crippen molar-refractivity contribution < 1.29 is 9.47 Å². The molecular formula is C10H9NO2. The van der Waals surface area contributed by atoms with E-state index in [0.717, 1.165) is 15.9 Å². The second-order valence-electron chi connectivity index (χ2n) is 2.73. The minimum absolute atomic E-state index is 0.627. The quantitative estimate of drug-likeness (QED) is 0.486. The van der Waals surface area contributed by atoms with Gasteiger partial charge in [0.1, 0.15) is 5.75 Å². The van der Waals surface area contributed by atoms with Gasteiger partial charge in [0, 0.05) is 12.1 Å². The van der Waals surface area contributed by atoms with Gasteiger partial charge in [-0.05, 0) is 12.1 Å². The summed E-state index contributed by atoms with van der Waals surface area (Å²) in [5.74, 6) is 0.725. The van der Waals surface area contributed by atoms with E-state index >= 15 is 0 Å². The Morgan fingerprint density at radius 2 is 2.08 bits per heavy atom. The normalized spacial score (nSPS) is 10.2. The number of rotatable bonds is 1. The lowest BCUT2D eigenvalue weighted by molar-refractivity contribution is -0.577. The van der Waals surface area contributed by atoms with Crippen LogP contribution in [0.4, 0.5) is 0 Å². The lowest BCUT2D eigenvalue weighted by atomic mass is 10.2. The van der Waals surface area contributed by atoms with Crippen molar-refractivity contribution in [2.45, 2.75) is 0 Å². The monoisotopic (exact) mass is 175 g/mol. The third-order valence-corrected chi connectivity index (χ3v) is 1.98. The Bertz CT molecular complexity index is 440. The zero-order chi connectivity index (χ0) is 9.26. The fourth-order valence-electron chi connectivity index (χ4n) is 1.37. The van der Waals surface area contributed by atoms with Gasteiger partial charge in [-0.15, -0.1) is 0 Å². The van der Waals surface area contributed by atoms with Crippen molar-refractivity contribution in [3.63, 3.8) is 0 Å². The number of hydrogen-bond acceptors (Lipinski definition) is 2. The van der Waals surface area contributed by atoms with E-state index in [4.69, 9.17) is 4.74 Å². The second-order valence-corrected chi connectivity index (χ2v) is 2.73. The Balaban J connectivity index is 2.84. The van der Waals surface area contributed by atoms with Gasteiger partial charge < -0.3 is 9.94 Å². The highest BCUT2D eigenvalue weighted by Gasteiger charge is 2.06. The van der Waals surface area contributed by atoms with Crippen molar-refractivity contribution in [1.29, 1.82) is 0 Å². The van der Waals surface area contributed by atoms with Crippen LogP contribution in [0.25, 0.3) is 10.9 Å².